The van der Waals surface area contributed by atoms with Crippen molar-refractivity contribution in [1.82, 2.24) is 5.43 Å². The number of fused-ring (bicyclic) bond motifs is 1. The first-order valence-corrected chi connectivity index (χ1v) is 7.60. The van der Waals surface area contributed by atoms with Gasteiger partial charge in [-0.1, -0.05) is 23.7 Å². The van der Waals surface area contributed by atoms with E-state index in [1.165, 1.54) is 6.21 Å². The summed E-state index contributed by atoms with van der Waals surface area (Å²) in [5.41, 5.74) is 3.16. The monoisotopic (exact) mass is 346 g/mol. The van der Waals surface area contributed by atoms with E-state index in [9.17, 15) is 4.79 Å². The summed E-state index contributed by atoms with van der Waals surface area (Å²) in [6.45, 7) is 0.132. The van der Waals surface area contributed by atoms with Gasteiger partial charge in [0, 0.05) is 0 Å². The first-order chi connectivity index (χ1) is 11.7. The lowest BCUT2D eigenvalue weighted by Gasteiger charge is -2.24. The molecule has 0 saturated carbocycles. The van der Waals surface area contributed by atoms with Crippen LogP contribution in [0.4, 0.5) is 0 Å². The number of carbonyl (C=O) groups excluding carboxylic acids is 1. The largest absolute Gasteiger partial charge is 0.495 e. The van der Waals surface area contributed by atoms with Crippen molar-refractivity contribution < 1.29 is 19.0 Å². The number of halogens is 1. The van der Waals surface area contributed by atoms with Crippen LogP contribution in [0.25, 0.3) is 0 Å². The molecule has 0 aromatic heterocycles. The lowest BCUT2D eigenvalue weighted by atomic mass is 10.2. The smallest absolute Gasteiger partial charge is 0.284 e. The van der Waals surface area contributed by atoms with Gasteiger partial charge in [0.05, 0.1) is 18.3 Å². The van der Waals surface area contributed by atoms with Crippen molar-refractivity contribution in [3.8, 4) is 17.2 Å². The lowest BCUT2D eigenvalue weighted by molar-refractivity contribution is -0.130. The Morgan fingerprint density at radius 2 is 2.12 bits per heavy atom. The van der Waals surface area contributed by atoms with Gasteiger partial charge in [0.1, 0.15) is 12.4 Å². The number of hydrazone groups is 1. The Bertz CT molecular complexity index is 779. The second-order valence-corrected chi connectivity index (χ2v) is 5.40. The number of amides is 1. The Balaban J connectivity index is 1.59. The lowest BCUT2D eigenvalue weighted by Crippen LogP contribution is -2.42. The van der Waals surface area contributed by atoms with E-state index in [-0.39, 0.29) is 12.5 Å². The number of nitrogens with zero attached hydrogens (tertiary/aromatic N) is 1. The van der Waals surface area contributed by atoms with Crippen LogP contribution >= 0.6 is 11.6 Å². The average molecular weight is 347 g/mol. The van der Waals surface area contributed by atoms with E-state index in [1.54, 1.807) is 37.4 Å². The van der Waals surface area contributed by atoms with Crippen molar-refractivity contribution in [2.45, 2.75) is 6.10 Å². The topological polar surface area (TPSA) is 69.2 Å². The Labute approximate surface area is 144 Å². The Morgan fingerprint density at radius 3 is 2.88 bits per heavy atom. The molecule has 1 amide bonds. The third-order valence-electron chi connectivity index (χ3n) is 3.37. The van der Waals surface area contributed by atoms with Crippen LogP contribution in [0.3, 0.4) is 0 Å². The summed E-state index contributed by atoms with van der Waals surface area (Å²) in [5.74, 6) is 1.34. The average Bonchev–Trinajstić information content (AvgIpc) is 2.61. The molecule has 1 atom stereocenters. The number of ether oxygens (including phenoxy) is 3. The Morgan fingerprint density at radius 1 is 1.33 bits per heavy atom. The summed E-state index contributed by atoms with van der Waals surface area (Å²) >= 11 is 6.03. The molecule has 1 aliphatic rings. The SMILES string of the molecule is COc1ccc(/C=N\NC(=O)[C@@H]2COc3ccccc3O2)cc1Cl. The van der Waals surface area contributed by atoms with Crippen LogP contribution in [0.15, 0.2) is 47.6 Å². The molecule has 1 aliphatic heterocycles. The van der Waals surface area contributed by atoms with Crippen molar-refractivity contribution >= 4 is 23.7 Å². The van der Waals surface area contributed by atoms with Crippen LogP contribution < -0.4 is 19.6 Å². The molecule has 6 nitrogen and oxygen atoms in total. The molecule has 0 bridgehead atoms. The molecule has 24 heavy (non-hydrogen) atoms. The van der Waals surface area contributed by atoms with Gasteiger partial charge < -0.3 is 14.2 Å². The number of hydrogen-bond donors (Lipinski definition) is 1. The maximum absolute atomic E-state index is 12.1. The van der Waals surface area contributed by atoms with Crippen LogP contribution in [0.2, 0.25) is 5.02 Å². The van der Waals surface area contributed by atoms with Crippen LogP contribution in [0, 0.1) is 0 Å². The molecule has 0 unspecified atom stereocenters. The number of benzene rings is 2. The van der Waals surface area contributed by atoms with Crippen molar-refractivity contribution in [3.05, 3.63) is 53.1 Å². The molecule has 0 spiro atoms. The van der Waals surface area contributed by atoms with Crippen LogP contribution in [0.5, 0.6) is 17.2 Å². The highest BCUT2D eigenvalue weighted by Gasteiger charge is 2.26. The second-order valence-electron chi connectivity index (χ2n) is 4.99. The molecular weight excluding hydrogens is 332 g/mol. The van der Waals surface area contributed by atoms with E-state index in [0.717, 1.165) is 5.56 Å². The maximum atomic E-state index is 12.1. The van der Waals surface area contributed by atoms with Gasteiger partial charge in [-0.05, 0) is 35.9 Å². The summed E-state index contributed by atoms with van der Waals surface area (Å²) in [7, 11) is 1.54. The summed E-state index contributed by atoms with van der Waals surface area (Å²) < 4.78 is 16.2. The highest BCUT2D eigenvalue weighted by molar-refractivity contribution is 6.32. The van der Waals surface area contributed by atoms with Crippen LogP contribution in [0.1, 0.15) is 5.56 Å². The molecule has 2 aromatic rings. The fourth-order valence-corrected chi connectivity index (χ4v) is 2.42. The van der Waals surface area contributed by atoms with Gasteiger partial charge in [0.25, 0.3) is 5.91 Å². The molecule has 7 heteroatoms. The molecule has 3 rings (SSSR count). The molecule has 0 aliphatic carbocycles. The van der Waals surface area contributed by atoms with Gasteiger partial charge in [0.15, 0.2) is 11.5 Å². The van der Waals surface area contributed by atoms with Gasteiger partial charge in [-0.2, -0.15) is 5.10 Å². The van der Waals surface area contributed by atoms with Gasteiger partial charge >= 0.3 is 0 Å². The van der Waals surface area contributed by atoms with Crippen molar-refractivity contribution in [1.29, 1.82) is 0 Å². The predicted molar refractivity (Wildman–Crippen MR) is 90.1 cm³/mol. The van der Waals surface area contributed by atoms with E-state index in [2.05, 4.69) is 10.5 Å². The third kappa shape index (κ3) is 3.60. The number of nitrogens with one attached hydrogen (secondary N) is 1. The summed E-state index contributed by atoms with van der Waals surface area (Å²) in [6, 6.07) is 12.4. The van der Waals surface area contributed by atoms with E-state index in [1.807, 2.05) is 12.1 Å². The Kier molecular flexibility index (Phi) is 4.86. The van der Waals surface area contributed by atoms with Crippen LogP contribution in [-0.4, -0.2) is 31.9 Å². The minimum absolute atomic E-state index is 0.132. The molecule has 1 heterocycles. The normalized spacial score (nSPS) is 16.0. The van der Waals surface area contributed by atoms with Crippen molar-refractivity contribution in [3.63, 3.8) is 0 Å². The van der Waals surface area contributed by atoms with Gasteiger partial charge in [0.2, 0.25) is 6.10 Å². The first-order valence-electron chi connectivity index (χ1n) is 7.22. The van der Waals surface area contributed by atoms with Gasteiger partial charge in [-0.15, -0.1) is 0 Å². The third-order valence-corrected chi connectivity index (χ3v) is 3.66. The zero-order valence-electron chi connectivity index (χ0n) is 12.9. The van der Waals surface area contributed by atoms with Crippen molar-refractivity contribution in [2.75, 3.05) is 13.7 Å². The summed E-state index contributed by atoms with van der Waals surface area (Å²) in [5, 5.41) is 4.38. The highest BCUT2D eigenvalue weighted by atomic mass is 35.5. The van der Waals surface area contributed by atoms with E-state index in [4.69, 9.17) is 25.8 Å². The standard InChI is InChI=1S/C17H15ClN2O4/c1-22-13-7-6-11(8-12(13)18)9-19-20-17(21)16-10-23-14-4-2-3-5-15(14)24-16/h2-9,16H,10H2,1H3,(H,20,21)/b19-9-/t16-/m0/s1. The fraction of sp³-hybridized carbons (Fsp3) is 0.176. The maximum Gasteiger partial charge on any atom is 0.284 e. The van der Waals surface area contributed by atoms with Gasteiger partial charge in [-0.3, -0.25) is 4.79 Å². The first kappa shape index (κ1) is 16.1. The summed E-state index contributed by atoms with van der Waals surface area (Å²) in [4.78, 5) is 12.1. The van der Waals surface area contributed by atoms with Crippen molar-refractivity contribution in [2.24, 2.45) is 5.10 Å². The number of para-hydroxylation sites is 2. The fourth-order valence-electron chi connectivity index (χ4n) is 2.15. The summed E-state index contributed by atoms with van der Waals surface area (Å²) in [6.07, 6.45) is 0.734. The van der Waals surface area contributed by atoms with Crippen LogP contribution in [-0.2, 0) is 4.79 Å². The quantitative estimate of drug-likeness (QED) is 0.682. The number of hydrogen-bond acceptors (Lipinski definition) is 5. The van der Waals surface area contributed by atoms with E-state index >= 15 is 0 Å². The molecular formula is C17H15ClN2O4. The highest BCUT2D eigenvalue weighted by Crippen LogP contribution is 2.30. The Hall–Kier alpha value is -2.73. The molecule has 2 aromatic carbocycles. The van der Waals surface area contributed by atoms with E-state index < -0.39 is 6.10 Å². The molecule has 0 radical (unpaired) electrons. The molecule has 0 saturated heterocycles. The minimum Gasteiger partial charge on any atom is -0.495 e. The van der Waals surface area contributed by atoms with Gasteiger partial charge in [-0.25, -0.2) is 5.43 Å². The molecule has 0 fully saturated rings. The zero-order valence-corrected chi connectivity index (χ0v) is 13.6. The molecule has 1 N–H and O–H groups in total. The second kappa shape index (κ2) is 7.23. The zero-order chi connectivity index (χ0) is 16.9. The number of methoxy groups -OCH3 is 1. The predicted octanol–water partition coefficient (Wildman–Crippen LogP) is 2.64. The molecule has 124 valence electrons. The minimum atomic E-state index is -0.753. The van der Waals surface area contributed by atoms with E-state index in [0.29, 0.717) is 22.3 Å². The number of rotatable bonds is 4. The number of carbonyl (C=O) groups is 1.